The van der Waals surface area contributed by atoms with E-state index in [1.165, 1.54) is 16.7 Å². The van der Waals surface area contributed by atoms with E-state index in [4.69, 9.17) is 11.6 Å². The Morgan fingerprint density at radius 1 is 1.47 bits per heavy atom. The first kappa shape index (κ1) is 14.2. The lowest BCUT2D eigenvalue weighted by atomic mass is 10.2. The number of imide groups is 1. The second-order valence-corrected chi connectivity index (χ2v) is 6.05. The van der Waals surface area contributed by atoms with E-state index in [1.807, 2.05) is 31.2 Å². The van der Waals surface area contributed by atoms with Crippen LogP contribution in [0.1, 0.15) is 17.7 Å². The van der Waals surface area contributed by atoms with Gasteiger partial charge in [0, 0.05) is 23.4 Å². The summed E-state index contributed by atoms with van der Waals surface area (Å²) in [6, 6.07) is 7.29. The van der Waals surface area contributed by atoms with Crippen molar-refractivity contribution in [2.45, 2.75) is 12.2 Å². The van der Waals surface area contributed by atoms with Crippen LogP contribution in [-0.4, -0.2) is 35.7 Å². The van der Waals surface area contributed by atoms with Gasteiger partial charge in [-0.15, -0.1) is 11.8 Å². The van der Waals surface area contributed by atoms with Gasteiger partial charge in [-0.05, 0) is 24.6 Å². The Hall–Kier alpha value is -1.20. The lowest BCUT2D eigenvalue weighted by Crippen LogP contribution is -2.35. The molecule has 1 aliphatic heterocycles. The fourth-order valence-electron chi connectivity index (χ4n) is 1.81. The van der Waals surface area contributed by atoms with Crippen LogP contribution in [0.5, 0.6) is 0 Å². The van der Waals surface area contributed by atoms with Crippen molar-refractivity contribution in [3.8, 4) is 0 Å². The molecule has 1 atom stereocenters. The maximum absolute atomic E-state index is 11.9. The minimum absolute atomic E-state index is 0.138. The molecule has 1 aliphatic rings. The Balaban J connectivity index is 1.86. The van der Waals surface area contributed by atoms with Crippen LogP contribution in [0, 0.1) is 0 Å². The van der Waals surface area contributed by atoms with Crippen molar-refractivity contribution in [2.75, 3.05) is 18.8 Å². The number of halogens is 1. The normalized spacial score (nSPS) is 16.3. The van der Waals surface area contributed by atoms with E-state index in [2.05, 4.69) is 5.32 Å². The van der Waals surface area contributed by atoms with E-state index in [0.29, 0.717) is 23.9 Å². The number of carbonyl (C=O) groups is 2. The van der Waals surface area contributed by atoms with E-state index < -0.39 is 0 Å². The number of hydrogen-bond donors (Lipinski definition) is 1. The van der Waals surface area contributed by atoms with Crippen molar-refractivity contribution in [3.63, 3.8) is 0 Å². The van der Waals surface area contributed by atoms with E-state index in [0.717, 1.165) is 5.56 Å². The highest BCUT2D eigenvalue weighted by atomic mass is 35.5. The van der Waals surface area contributed by atoms with Crippen LogP contribution >= 0.6 is 23.4 Å². The molecule has 1 saturated heterocycles. The molecule has 3 amide bonds. The standard InChI is InChI=1S/C13H15ClN2O2S/c1-9(10-2-4-11(14)5-3-10)19-8-12(17)16-7-6-15-13(16)18/h2-5,9H,6-8H2,1H3,(H,15,18)/t9-/m0/s1. The maximum Gasteiger partial charge on any atom is 0.324 e. The lowest BCUT2D eigenvalue weighted by molar-refractivity contribution is -0.124. The van der Waals surface area contributed by atoms with Gasteiger partial charge in [0.2, 0.25) is 5.91 Å². The molecule has 2 rings (SSSR count). The summed E-state index contributed by atoms with van der Waals surface area (Å²) in [4.78, 5) is 24.5. The third-order valence-electron chi connectivity index (χ3n) is 2.95. The number of nitrogens with zero attached hydrogens (tertiary/aromatic N) is 1. The fourth-order valence-corrected chi connectivity index (χ4v) is 2.84. The predicted molar refractivity (Wildman–Crippen MR) is 77.4 cm³/mol. The van der Waals surface area contributed by atoms with Crippen molar-refractivity contribution in [2.24, 2.45) is 0 Å². The highest BCUT2D eigenvalue weighted by Crippen LogP contribution is 2.29. The number of carbonyl (C=O) groups excluding carboxylic acids is 2. The zero-order chi connectivity index (χ0) is 13.8. The lowest BCUT2D eigenvalue weighted by Gasteiger charge is -2.15. The predicted octanol–water partition coefficient (Wildman–Crippen LogP) is 2.69. The number of nitrogens with one attached hydrogen (secondary N) is 1. The van der Waals surface area contributed by atoms with Crippen molar-refractivity contribution in [1.82, 2.24) is 10.2 Å². The highest BCUT2D eigenvalue weighted by Gasteiger charge is 2.26. The number of urea groups is 1. The summed E-state index contributed by atoms with van der Waals surface area (Å²) < 4.78 is 0. The average molecular weight is 299 g/mol. The molecular weight excluding hydrogens is 284 g/mol. The molecule has 0 saturated carbocycles. The molecule has 4 nitrogen and oxygen atoms in total. The molecule has 0 aromatic heterocycles. The van der Waals surface area contributed by atoms with Gasteiger partial charge < -0.3 is 5.32 Å². The molecule has 1 N–H and O–H groups in total. The summed E-state index contributed by atoms with van der Waals surface area (Å²) in [5.41, 5.74) is 1.12. The number of amides is 3. The number of benzene rings is 1. The van der Waals surface area contributed by atoms with Gasteiger partial charge in [-0.3, -0.25) is 9.69 Å². The second kappa shape index (κ2) is 6.30. The number of thioether (sulfide) groups is 1. The highest BCUT2D eigenvalue weighted by molar-refractivity contribution is 8.00. The third kappa shape index (κ3) is 3.64. The van der Waals surface area contributed by atoms with Crippen LogP contribution in [0.3, 0.4) is 0 Å². The summed E-state index contributed by atoms with van der Waals surface area (Å²) in [5, 5.41) is 3.50. The first-order valence-electron chi connectivity index (χ1n) is 6.03. The smallest absolute Gasteiger partial charge is 0.324 e. The molecule has 1 aromatic rings. The van der Waals surface area contributed by atoms with Crippen LogP contribution in [0.25, 0.3) is 0 Å². The molecule has 102 valence electrons. The quantitative estimate of drug-likeness (QED) is 0.930. The summed E-state index contributed by atoms with van der Waals surface area (Å²) in [6.07, 6.45) is 0. The van der Waals surface area contributed by atoms with Crippen molar-refractivity contribution < 1.29 is 9.59 Å². The van der Waals surface area contributed by atoms with Gasteiger partial charge in [0.25, 0.3) is 0 Å². The maximum atomic E-state index is 11.9. The van der Waals surface area contributed by atoms with Crippen LogP contribution in [0.4, 0.5) is 4.79 Å². The molecule has 1 heterocycles. The Bertz CT molecular complexity index is 478. The first-order valence-corrected chi connectivity index (χ1v) is 7.46. The monoisotopic (exact) mass is 298 g/mol. The topological polar surface area (TPSA) is 49.4 Å². The number of hydrogen-bond acceptors (Lipinski definition) is 3. The molecule has 0 spiro atoms. The van der Waals surface area contributed by atoms with Crippen LogP contribution < -0.4 is 5.32 Å². The third-order valence-corrected chi connectivity index (χ3v) is 4.39. The van der Waals surface area contributed by atoms with Crippen molar-refractivity contribution in [3.05, 3.63) is 34.9 Å². The first-order chi connectivity index (χ1) is 9.08. The fraction of sp³-hybridized carbons (Fsp3) is 0.385. The van der Waals surface area contributed by atoms with E-state index in [9.17, 15) is 9.59 Å². The van der Waals surface area contributed by atoms with Crippen LogP contribution in [0.2, 0.25) is 5.02 Å². The zero-order valence-corrected chi connectivity index (χ0v) is 12.1. The van der Waals surface area contributed by atoms with Crippen LogP contribution in [0.15, 0.2) is 24.3 Å². The van der Waals surface area contributed by atoms with Gasteiger partial charge >= 0.3 is 6.03 Å². The van der Waals surface area contributed by atoms with Gasteiger partial charge in [-0.2, -0.15) is 0 Å². The molecule has 0 unspecified atom stereocenters. The molecule has 6 heteroatoms. The summed E-state index contributed by atoms with van der Waals surface area (Å²) in [5.74, 6) is 0.165. The van der Waals surface area contributed by atoms with Crippen LogP contribution in [-0.2, 0) is 4.79 Å². The van der Waals surface area contributed by atoms with E-state index in [1.54, 1.807) is 0 Å². The van der Waals surface area contributed by atoms with Gasteiger partial charge in [-0.25, -0.2) is 4.79 Å². The summed E-state index contributed by atoms with van der Waals surface area (Å²) in [7, 11) is 0. The Morgan fingerprint density at radius 3 is 2.74 bits per heavy atom. The van der Waals surface area contributed by atoms with Crippen molar-refractivity contribution in [1.29, 1.82) is 0 Å². The summed E-state index contributed by atoms with van der Waals surface area (Å²) >= 11 is 7.35. The largest absolute Gasteiger partial charge is 0.336 e. The van der Waals surface area contributed by atoms with Gasteiger partial charge in [0.15, 0.2) is 0 Å². The minimum atomic E-state index is -0.287. The minimum Gasteiger partial charge on any atom is -0.336 e. The summed E-state index contributed by atoms with van der Waals surface area (Å²) in [6.45, 7) is 3.04. The average Bonchev–Trinajstić information content (AvgIpc) is 2.83. The molecule has 1 aromatic carbocycles. The molecule has 1 fully saturated rings. The molecule has 0 radical (unpaired) electrons. The SMILES string of the molecule is C[C@H](SCC(=O)N1CCNC1=O)c1ccc(Cl)cc1. The number of rotatable bonds is 4. The van der Waals surface area contributed by atoms with E-state index in [-0.39, 0.29) is 17.2 Å². The molecular formula is C13H15ClN2O2S. The molecule has 0 aliphatic carbocycles. The Labute approximate surface area is 121 Å². The molecule has 0 bridgehead atoms. The second-order valence-electron chi connectivity index (χ2n) is 4.28. The Kier molecular flexibility index (Phi) is 4.71. The van der Waals surface area contributed by atoms with Gasteiger partial charge in [0.1, 0.15) is 0 Å². The molecule has 19 heavy (non-hydrogen) atoms. The Morgan fingerprint density at radius 2 is 2.16 bits per heavy atom. The van der Waals surface area contributed by atoms with Gasteiger partial charge in [0.05, 0.1) is 5.75 Å². The van der Waals surface area contributed by atoms with E-state index >= 15 is 0 Å². The zero-order valence-electron chi connectivity index (χ0n) is 10.6. The van der Waals surface area contributed by atoms with Crippen molar-refractivity contribution >= 4 is 35.3 Å². The van der Waals surface area contributed by atoms with Gasteiger partial charge in [-0.1, -0.05) is 23.7 Å².